The van der Waals surface area contributed by atoms with Crippen LogP contribution in [0.5, 0.6) is 0 Å². The van der Waals surface area contributed by atoms with E-state index in [4.69, 9.17) is 4.98 Å². The van der Waals surface area contributed by atoms with Gasteiger partial charge in [0.05, 0.1) is 0 Å². The van der Waals surface area contributed by atoms with Crippen molar-refractivity contribution in [2.24, 2.45) is 0 Å². The molecule has 3 nitrogen and oxygen atoms in total. The van der Waals surface area contributed by atoms with Gasteiger partial charge in [0, 0.05) is 30.9 Å². The lowest BCUT2D eigenvalue weighted by molar-refractivity contribution is 0.636. The molecule has 1 atom stereocenters. The van der Waals surface area contributed by atoms with Gasteiger partial charge in [-0.1, -0.05) is 20.8 Å². The summed E-state index contributed by atoms with van der Waals surface area (Å²) >= 11 is 0. The number of nitrogens with one attached hydrogen (secondary N) is 1. The number of anilines is 1. The fraction of sp³-hybridized carbons (Fsp3) is 0.722. The van der Waals surface area contributed by atoms with Crippen molar-refractivity contribution in [2.75, 3.05) is 11.4 Å². The van der Waals surface area contributed by atoms with E-state index >= 15 is 0 Å². The zero-order valence-electron chi connectivity index (χ0n) is 13.7. The smallest absolute Gasteiger partial charge is 0.129 e. The van der Waals surface area contributed by atoms with Crippen molar-refractivity contribution in [3.8, 4) is 0 Å². The zero-order chi connectivity index (χ0) is 14.8. The monoisotopic (exact) mass is 287 g/mol. The van der Waals surface area contributed by atoms with Crippen LogP contribution in [0.3, 0.4) is 0 Å². The van der Waals surface area contributed by atoms with E-state index in [1.807, 2.05) is 0 Å². The summed E-state index contributed by atoms with van der Waals surface area (Å²) in [6, 6.07) is 6.05. The highest BCUT2D eigenvalue weighted by molar-refractivity contribution is 5.45. The molecule has 3 rings (SSSR count). The molecule has 0 amide bonds. The third kappa shape index (κ3) is 3.57. The molecule has 1 aliphatic heterocycles. The van der Waals surface area contributed by atoms with E-state index in [9.17, 15) is 0 Å². The van der Waals surface area contributed by atoms with Gasteiger partial charge in [-0.05, 0) is 55.7 Å². The lowest BCUT2D eigenvalue weighted by Gasteiger charge is -2.26. The number of pyridine rings is 1. The van der Waals surface area contributed by atoms with Gasteiger partial charge in [0.1, 0.15) is 5.82 Å². The van der Waals surface area contributed by atoms with Gasteiger partial charge >= 0.3 is 0 Å². The van der Waals surface area contributed by atoms with Crippen LogP contribution in [0, 0.1) is 0 Å². The van der Waals surface area contributed by atoms with Gasteiger partial charge in [-0.2, -0.15) is 0 Å². The Morgan fingerprint density at radius 3 is 2.76 bits per heavy atom. The lowest BCUT2D eigenvalue weighted by Crippen LogP contribution is -2.30. The Kier molecular flexibility index (Phi) is 4.48. The number of nitrogens with zero attached hydrogens (tertiary/aromatic N) is 2. The summed E-state index contributed by atoms with van der Waals surface area (Å²) in [6.45, 7) is 8.94. The third-order valence-corrected chi connectivity index (χ3v) is 4.80. The molecule has 1 N–H and O–H groups in total. The molecular formula is C18H29N3. The van der Waals surface area contributed by atoms with Crippen LogP contribution in [0.4, 0.5) is 5.82 Å². The largest absolute Gasteiger partial charge is 0.354 e. The van der Waals surface area contributed by atoms with E-state index in [0.717, 1.165) is 12.6 Å². The van der Waals surface area contributed by atoms with Gasteiger partial charge in [0.2, 0.25) is 0 Å². The molecule has 2 fully saturated rings. The topological polar surface area (TPSA) is 28.2 Å². The molecule has 1 aromatic heterocycles. The van der Waals surface area contributed by atoms with Gasteiger partial charge in [-0.25, -0.2) is 4.98 Å². The quantitative estimate of drug-likeness (QED) is 0.861. The second-order valence-corrected chi connectivity index (χ2v) is 6.97. The molecule has 1 saturated carbocycles. The Hall–Kier alpha value is -1.09. The summed E-state index contributed by atoms with van der Waals surface area (Å²) < 4.78 is 0. The predicted octanol–water partition coefficient (Wildman–Crippen LogP) is 3.84. The minimum absolute atomic E-state index is 0.493. The Bertz CT molecular complexity index is 479. The zero-order valence-corrected chi connectivity index (χ0v) is 13.7. The van der Waals surface area contributed by atoms with E-state index in [-0.39, 0.29) is 0 Å². The minimum Gasteiger partial charge on any atom is -0.354 e. The van der Waals surface area contributed by atoms with E-state index in [1.165, 1.54) is 55.7 Å². The molecule has 2 aliphatic rings. The molecule has 2 heterocycles. The fourth-order valence-electron chi connectivity index (χ4n) is 3.25. The summed E-state index contributed by atoms with van der Waals surface area (Å²) in [7, 11) is 0. The Morgan fingerprint density at radius 2 is 2.10 bits per heavy atom. The van der Waals surface area contributed by atoms with Gasteiger partial charge in [0.15, 0.2) is 0 Å². The molecule has 1 saturated heterocycles. The maximum absolute atomic E-state index is 4.95. The van der Waals surface area contributed by atoms with E-state index in [2.05, 4.69) is 43.1 Å². The molecule has 116 valence electrons. The molecule has 3 heteroatoms. The average molecular weight is 287 g/mol. The average Bonchev–Trinajstić information content (AvgIpc) is 3.19. The van der Waals surface area contributed by atoms with Gasteiger partial charge < -0.3 is 10.2 Å². The first-order chi connectivity index (χ1) is 10.2. The fourth-order valence-corrected chi connectivity index (χ4v) is 3.25. The van der Waals surface area contributed by atoms with E-state index in [0.29, 0.717) is 12.0 Å². The maximum atomic E-state index is 4.95. The molecule has 1 unspecified atom stereocenters. The summed E-state index contributed by atoms with van der Waals surface area (Å²) in [5.74, 6) is 1.70. The molecule has 0 spiro atoms. The van der Waals surface area contributed by atoms with E-state index < -0.39 is 0 Å². The normalized spacial score (nSPS) is 22.3. The van der Waals surface area contributed by atoms with Crippen molar-refractivity contribution in [3.05, 3.63) is 23.4 Å². The second-order valence-electron chi connectivity index (χ2n) is 6.97. The van der Waals surface area contributed by atoms with Crippen molar-refractivity contribution in [2.45, 2.75) is 77.4 Å². The van der Waals surface area contributed by atoms with Crippen LogP contribution in [0.15, 0.2) is 12.1 Å². The standard InChI is InChI=1S/C18H29N3/c1-4-16-6-5-9-21(16)18-11-14(12-19-15-7-8-15)10-17(20-18)13(2)3/h10-11,13,15-16,19H,4-9,12H2,1-3H3. The number of hydrogen-bond acceptors (Lipinski definition) is 3. The first-order valence-electron chi connectivity index (χ1n) is 8.68. The van der Waals surface area contributed by atoms with Crippen molar-refractivity contribution in [1.29, 1.82) is 0 Å². The number of rotatable bonds is 6. The molecule has 0 radical (unpaired) electrons. The highest BCUT2D eigenvalue weighted by atomic mass is 15.2. The van der Waals surface area contributed by atoms with Crippen molar-refractivity contribution in [1.82, 2.24) is 10.3 Å². The number of hydrogen-bond donors (Lipinski definition) is 1. The Balaban J connectivity index is 1.83. The molecule has 1 aromatic rings. The van der Waals surface area contributed by atoms with Crippen molar-refractivity contribution >= 4 is 5.82 Å². The molecule has 1 aliphatic carbocycles. The highest BCUT2D eigenvalue weighted by Gasteiger charge is 2.25. The summed E-state index contributed by atoms with van der Waals surface area (Å²) in [5.41, 5.74) is 2.64. The van der Waals surface area contributed by atoms with Crippen LogP contribution >= 0.6 is 0 Å². The summed E-state index contributed by atoms with van der Waals surface area (Å²) in [5, 5.41) is 3.64. The van der Waals surface area contributed by atoms with Crippen LogP contribution in [0.2, 0.25) is 0 Å². The molecule has 0 aromatic carbocycles. The summed E-state index contributed by atoms with van der Waals surface area (Å²) in [6.07, 6.45) is 6.54. The van der Waals surface area contributed by atoms with Gasteiger partial charge in [0.25, 0.3) is 0 Å². The van der Waals surface area contributed by atoms with E-state index in [1.54, 1.807) is 0 Å². The van der Waals surface area contributed by atoms with Crippen LogP contribution in [0.25, 0.3) is 0 Å². The Morgan fingerprint density at radius 1 is 1.29 bits per heavy atom. The lowest BCUT2D eigenvalue weighted by atomic mass is 10.1. The third-order valence-electron chi connectivity index (χ3n) is 4.80. The van der Waals surface area contributed by atoms with Gasteiger partial charge in [-0.3, -0.25) is 0 Å². The Labute approximate surface area is 129 Å². The first kappa shape index (κ1) is 14.8. The van der Waals surface area contributed by atoms with Crippen molar-refractivity contribution < 1.29 is 0 Å². The van der Waals surface area contributed by atoms with Crippen LogP contribution in [-0.2, 0) is 6.54 Å². The number of aromatic nitrogens is 1. The van der Waals surface area contributed by atoms with Crippen molar-refractivity contribution in [3.63, 3.8) is 0 Å². The second kappa shape index (κ2) is 6.35. The van der Waals surface area contributed by atoms with Crippen LogP contribution < -0.4 is 10.2 Å². The summed E-state index contributed by atoms with van der Waals surface area (Å²) in [4.78, 5) is 7.49. The van der Waals surface area contributed by atoms with Gasteiger partial charge in [-0.15, -0.1) is 0 Å². The maximum Gasteiger partial charge on any atom is 0.129 e. The van der Waals surface area contributed by atoms with Crippen LogP contribution in [0.1, 0.15) is 70.1 Å². The molecular weight excluding hydrogens is 258 g/mol. The minimum atomic E-state index is 0.493. The predicted molar refractivity (Wildman–Crippen MR) is 88.8 cm³/mol. The molecule has 21 heavy (non-hydrogen) atoms. The van der Waals surface area contributed by atoms with Crippen LogP contribution in [-0.4, -0.2) is 23.6 Å². The highest BCUT2D eigenvalue weighted by Crippen LogP contribution is 2.28. The first-order valence-corrected chi connectivity index (χ1v) is 8.68. The SMILES string of the molecule is CCC1CCCN1c1cc(CNC2CC2)cc(C(C)C)n1. The molecule has 0 bridgehead atoms.